The smallest absolute Gasteiger partial charge is 0.260 e. The molecule has 1 saturated heterocycles. The Balaban J connectivity index is 2.01. The first kappa shape index (κ1) is 20.7. The number of hydrogen-bond donors (Lipinski definition) is 1. The fraction of sp³-hybridized carbons (Fsp3) is 0.611. The summed E-state index contributed by atoms with van der Waals surface area (Å²) in [6.07, 6.45) is -0.651. The summed E-state index contributed by atoms with van der Waals surface area (Å²) >= 11 is 0. The van der Waals surface area contributed by atoms with Crippen molar-refractivity contribution in [1.82, 2.24) is 14.5 Å². The van der Waals surface area contributed by atoms with Gasteiger partial charge < -0.3 is 15.0 Å². The van der Waals surface area contributed by atoms with Crippen molar-refractivity contribution in [2.75, 3.05) is 32.7 Å². The maximum Gasteiger partial charge on any atom is 0.260 e. The van der Waals surface area contributed by atoms with E-state index in [-0.39, 0.29) is 16.8 Å². The lowest BCUT2D eigenvalue weighted by Crippen LogP contribution is -2.48. The van der Waals surface area contributed by atoms with Crippen LogP contribution in [0.4, 0.5) is 0 Å². The normalized spacial score (nSPS) is 17.9. The highest BCUT2D eigenvalue weighted by Gasteiger charge is 2.28. The third-order valence-corrected chi connectivity index (χ3v) is 6.27. The molecular formula is C18H29N3O4S. The highest BCUT2D eigenvalue weighted by molar-refractivity contribution is 7.89. The van der Waals surface area contributed by atoms with E-state index in [0.717, 1.165) is 19.6 Å². The van der Waals surface area contributed by atoms with Crippen molar-refractivity contribution in [3.8, 4) is 5.75 Å². The molecule has 1 heterocycles. The molecule has 1 aliphatic heterocycles. The number of ether oxygens (including phenoxy) is 1. The molecule has 0 unspecified atom stereocenters. The predicted octanol–water partition coefficient (Wildman–Crippen LogP) is 1.30. The van der Waals surface area contributed by atoms with Crippen LogP contribution in [0, 0.1) is 0 Å². The summed E-state index contributed by atoms with van der Waals surface area (Å²) in [6.45, 7) is 10.9. The largest absolute Gasteiger partial charge is 0.481 e. The van der Waals surface area contributed by atoms with Crippen LogP contribution in [0.5, 0.6) is 5.75 Å². The Bertz CT molecular complexity index is 696. The average molecular weight is 384 g/mol. The molecule has 1 aliphatic rings. The lowest BCUT2D eigenvalue weighted by molar-refractivity contribution is -0.127. The van der Waals surface area contributed by atoms with E-state index in [1.807, 2.05) is 13.8 Å². The highest BCUT2D eigenvalue weighted by atomic mass is 32.2. The van der Waals surface area contributed by atoms with Gasteiger partial charge in [0.05, 0.1) is 4.90 Å². The molecule has 0 saturated carbocycles. The minimum absolute atomic E-state index is 0.0363. The third-order valence-electron chi connectivity index (χ3n) is 4.35. The van der Waals surface area contributed by atoms with Crippen LogP contribution in [0.2, 0.25) is 0 Å². The second-order valence-corrected chi connectivity index (χ2v) is 8.67. The van der Waals surface area contributed by atoms with E-state index in [1.165, 1.54) is 16.4 Å². The number of carbonyl (C=O) groups excluding carboxylic acids is 1. The molecule has 0 spiro atoms. The maximum atomic E-state index is 12.7. The fourth-order valence-corrected chi connectivity index (χ4v) is 4.21. The van der Waals surface area contributed by atoms with Crippen LogP contribution >= 0.6 is 0 Å². The second-order valence-electron chi connectivity index (χ2n) is 6.73. The number of piperazine rings is 1. The first-order valence-electron chi connectivity index (χ1n) is 9.03. The van der Waals surface area contributed by atoms with Crippen LogP contribution in [0.15, 0.2) is 29.2 Å². The Kier molecular flexibility index (Phi) is 7.02. The van der Waals surface area contributed by atoms with Gasteiger partial charge in [0.15, 0.2) is 6.10 Å². The quantitative estimate of drug-likeness (QED) is 0.768. The topological polar surface area (TPSA) is 79.0 Å². The molecule has 1 N–H and O–H groups in total. The van der Waals surface area contributed by atoms with Crippen molar-refractivity contribution in [3.05, 3.63) is 24.3 Å². The SMILES string of the molecule is CCN1CCN(S(=O)(=O)c2ccc(O[C@@H](C)C(=O)NC(C)C)cc2)CC1. The number of amides is 1. The van der Waals surface area contributed by atoms with Crippen molar-refractivity contribution in [3.63, 3.8) is 0 Å². The Labute approximate surface area is 156 Å². The molecule has 0 radical (unpaired) electrons. The molecule has 0 bridgehead atoms. The monoisotopic (exact) mass is 383 g/mol. The lowest BCUT2D eigenvalue weighted by Gasteiger charge is -2.33. The number of carbonyl (C=O) groups is 1. The Morgan fingerprint density at radius 2 is 1.69 bits per heavy atom. The van der Waals surface area contributed by atoms with Gasteiger partial charge in [0.2, 0.25) is 10.0 Å². The molecule has 1 fully saturated rings. The fourth-order valence-electron chi connectivity index (χ4n) is 2.78. The number of hydrogen-bond acceptors (Lipinski definition) is 5. The third kappa shape index (κ3) is 5.18. The van der Waals surface area contributed by atoms with Crippen molar-refractivity contribution < 1.29 is 17.9 Å². The zero-order chi connectivity index (χ0) is 19.3. The number of nitrogens with zero attached hydrogens (tertiary/aromatic N) is 2. The first-order valence-corrected chi connectivity index (χ1v) is 10.5. The van der Waals surface area contributed by atoms with E-state index in [4.69, 9.17) is 4.74 Å². The Morgan fingerprint density at radius 1 is 1.12 bits per heavy atom. The summed E-state index contributed by atoms with van der Waals surface area (Å²) in [5.41, 5.74) is 0. The number of benzene rings is 1. The molecule has 1 aromatic carbocycles. The van der Waals surface area contributed by atoms with E-state index < -0.39 is 16.1 Å². The molecule has 1 aromatic rings. The molecule has 0 aliphatic carbocycles. The van der Waals surface area contributed by atoms with Gasteiger partial charge in [-0.15, -0.1) is 0 Å². The van der Waals surface area contributed by atoms with Crippen molar-refractivity contribution in [2.45, 2.75) is 44.7 Å². The summed E-state index contributed by atoms with van der Waals surface area (Å²) in [5.74, 6) is 0.261. The summed E-state index contributed by atoms with van der Waals surface area (Å²) in [6, 6.07) is 6.28. The summed E-state index contributed by atoms with van der Waals surface area (Å²) in [5, 5.41) is 2.78. The van der Waals surface area contributed by atoms with Crippen molar-refractivity contribution in [1.29, 1.82) is 0 Å². The van der Waals surface area contributed by atoms with Crippen LogP contribution in [0.25, 0.3) is 0 Å². The van der Waals surface area contributed by atoms with Gasteiger partial charge in [-0.2, -0.15) is 4.31 Å². The Hall–Kier alpha value is -1.64. The van der Waals surface area contributed by atoms with E-state index in [1.54, 1.807) is 19.1 Å². The summed E-state index contributed by atoms with van der Waals surface area (Å²) in [4.78, 5) is 14.4. The highest BCUT2D eigenvalue weighted by Crippen LogP contribution is 2.21. The lowest BCUT2D eigenvalue weighted by atomic mass is 10.3. The van der Waals surface area contributed by atoms with Gasteiger partial charge in [0, 0.05) is 32.2 Å². The molecule has 26 heavy (non-hydrogen) atoms. The summed E-state index contributed by atoms with van der Waals surface area (Å²) in [7, 11) is -3.50. The van der Waals surface area contributed by atoms with Gasteiger partial charge in [0.25, 0.3) is 5.91 Å². The molecule has 146 valence electrons. The van der Waals surface area contributed by atoms with Crippen LogP contribution in [-0.2, 0) is 14.8 Å². The molecular weight excluding hydrogens is 354 g/mol. The average Bonchev–Trinajstić information content (AvgIpc) is 2.61. The number of sulfonamides is 1. The summed E-state index contributed by atoms with van der Waals surface area (Å²) < 4.78 is 32.6. The van der Waals surface area contributed by atoms with Gasteiger partial charge in [-0.1, -0.05) is 6.92 Å². The number of nitrogens with one attached hydrogen (secondary N) is 1. The van der Waals surface area contributed by atoms with E-state index in [2.05, 4.69) is 17.1 Å². The van der Waals surface area contributed by atoms with Gasteiger partial charge in [0.1, 0.15) is 5.75 Å². The predicted molar refractivity (Wildman–Crippen MR) is 101 cm³/mol. The van der Waals surface area contributed by atoms with Crippen LogP contribution in [0.1, 0.15) is 27.7 Å². The first-order chi connectivity index (χ1) is 12.2. The van der Waals surface area contributed by atoms with Crippen LogP contribution < -0.4 is 10.1 Å². The zero-order valence-corrected chi connectivity index (χ0v) is 16.8. The Morgan fingerprint density at radius 3 is 2.19 bits per heavy atom. The second kappa shape index (κ2) is 8.83. The van der Waals surface area contributed by atoms with Gasteiger partial charge in [-0.3, -0.25) is 4.79 Å². The molecule has 1 amide bonds. The molecule has 8 heteroatoms. The minimum atomic E-state index is -3.50. The molecule has 2 rings (SSSR count). The molecule has 1 atom stereocenters. The number of rotatable bonds is 7. The minimum Gasteiger partial charge on any atom is -0.481 e. The van der Waals surface area contributed by atoms with E-state index in [0.29, 0.717) is 18.8 Å². The zero-order valence-electron chi connectivity index (χ0n) is 15.9. The maximum absolute atomic E-state index is 12.7. The van der Waals surface area contributed by atoms with Gasteiger partial charge in [-0.05, 0) is 51.6 Å². The standard InChI is InChI=1S/C18H29N3O4S/c1-5-20-10-12-21(13-11-20)26(23,24)17-8-6-16(7-9-17)25-15(4)18(22)19-14(2)3/h6-9,14-15H,5,10-13H2,1-4H3,(H,19,22)/t15-/m0/s1. The van der Waals surface area contributed by atoms with E-state index >= 15 is 0 Å². The van der Waals surface area contributed by atoms with Crippen molar-refractivity contribution >= 4 is 15.9 Å². The number of likely N-dealkylation sites (N-methyl/N-ethyl adjacent to an activating group) is 1. The van der Waals surface area contributed by atoms with E-state index in [9.17, 15) is 13.2 Å². The van der Waals surface area contributed by atoms with Crippen LogP contribution in [0.3, 0.4) is 0 Å². The molecule has 0 aromatic heterocycles. The van der Waals surface area contributed by atoms with Crippen molar-refractivity contribution in [2.24, 2.45) is 0 Å². The van der Waals surface area contributed by atoms with Gasteiger partial charge >= 0.3 is 0 Å². The molecule has 7 nitrogen and oxygen atoms in total. The van der Waals surface area contributed by atoms with Crippen LogP contribution in [-0.4, -0.2) is 68.4 Å². The van der Waals surface area contributed by atoms with Gasteiger partial charge in [-0.25, -0.2) is 8.42 Å².